The van der Waals surface area contributed by atoms with Crippen LogP contribution in [0.2, 0.25) is 0 Å². The maximum absolute atomic E-state index is 12.9. The second kappa shape index (κ2) is 4.49. The number of nitrogens with zero attached hydrogens (tertiary/aromatic N) is 1. The Morgan fingerprint density at radius 3 is 1.95 bits per heavy atom. The van der Waals surface area contributed by atoms with E-state index in [0.29, 0.717) is 11.3 Å². The normalized spacial score (nSPS) is 50.7. The summed E-state index contributed by atoms with van der Waals surface area (Å²) in [6.07, 6.45) is 13.7. The molecular weight excluding hydrogens is 258 g/mol. The van der Waals surface area contributed by atoms with E-state index in [4.69, 9.17) is 0 Å². The van der Waals surface area contributed by atoms with Gasteiger partial charge in [-0.2, -0.15) is 0 Å². The predicted molar refractivity (Wildman–Crippen MR) is 82.6 cm³/mol. The van der Waals surface area contributed by atoms with Crippen LogP contribution in [0.1, 0.15) is 64.2 Å². The first-order valence-electron chi connectivity index (χ1n) is 9.47. The van der Waals surface area contributed by atoms with E-state index in [1.54, 1.807) is 0 Å². The lowest BCUT2D eigenvalue weighted by Crippen LogP contribution is -2.48. The quantitative estimate of drug-likeness (QED) is 0.755. The Balaban J connectivity index is 1.28. The molecule has 2 heteroatoms. The summed E-state index contributed by atoms with van der Waals surface area (Å²) in [4.78, 5) is 15.1. The third-order valence-corrected chi connectivity index (χ3v) is 7.77. The van der Waals surface area contributed by atoms with Crippen LogP contribution in [-0.2, 0) is 4.79 Å². The van der Waals surface area contributed by atoms with E-state index in [-0.39, 0.29) is 0 Å². The number of hydrogen-bond donors (Lipinski definition) is 0. The molecule has 0 N–H and O–H groups in total. The van der Waals surface area contributed by atoms with Gasteiger partial charge < -0.3 is 4.90 Å². The summed E-state index contributed by atoms with van der Waals surface area (Å²) in [6, 6.07) is 0. The molecule has 1 amide bonds. The van der Waals surface area contributed by atoms with E-state index in [0.717, 1.165) is 49.1 Å². The van der Waals surface area contributed by atoms with Crippen LogP contribution in [-0.4, -0.2) is 23.9 Å². The maximum atomic E-state index is 12.9. The number of likely N-dealkylation sites (tertiary alicyclic amines) is 1. The minimum absolute atomic E-state index is 0.434. The summed E-state index contributed by atoms with van der Waals surface area (Å²) in [5.74, 6) is 5.15. The largest absolute Gasteiger partial charge is 0.342 e. The van der Waals surface area contributed by atoms with E-state index < -0.39 is 0 Å². The van der Waals surface area contributed by atoms with Crippen LogP contribution in [0.25, 0.3) is 0 Å². The molecule has 1 heterocycles. The average molecular weight is 287 g/mol. The van der Waals surface area contributed by atoms with Crippen molar-refractivity contribution in [2.24, 2.45) is 35.0 Å². The molecule has 5 aliphatic carbocycles. The Kier molecular flexibility index (Phi) is 2.77. The van der Waals surface area contributed by atoms with Crippen molar-refractivity contribution in [1.29, 1.82) is 0 Å². The third kappa shape index (κ3) is 2.08. The first kappa shape index (κ1) is 13.0. The van der Waals surface area contributed by atoms with Gasteiger partial charge >= 0.3 is 0 Å². The number of carbonyl (C=O) groups is 1. The van der Waals surface area contributed by atoms with E-state index >= 15 is 0 Å². The van der Waals surface area contributed by atoms with Gasteiger partial charge in [-0.05, 0) is 86.4 Å². The fraction of sp³-hybridized carbons (Fsp3) is 0.947. The predicted octanol–water partition coefficient (Wildman–Crippen LogP) is 3.85. The number of hydrogen-bond acceptors (Lipinski definition) is 1. The van der Waals surface area contributed by atoms with Gasteiger partial charge in [0.15, 0.2) is 0 Å². The number of fused-ring (bicyclic) bond motifs is 1. The van der Waals surface area contributed by atoms with Crippen molar-refractivity contribution in [3.05, 3.63) is 0 Å². The molecule has 0 spiro atoms. The lowest BCUT2D eigenvalue weighted by Gasteiger charge is -2.57. The van der Waals surface area contributed by atoms with Crippen LogP contribution in [0.3, 0.4) is 0 Å². The lowest BCUT2D eigenvalue weighted by molar-refractivity contribution is -0.138. The highest BCUT2D eigenvalue weighted by Crippen LogP contribution is 2.61. The summed E-state index contributed by atoms with van der Waals surface area (Å²) >= 11 is 0. The monoisotopic (exact) mass is 287 g/mol. The first-order valence-corrected chi connectivity index (χ1v) is 9.47. The molecule has 2 atom stereocenters. The second-order valence-corrected chi connectivity index (χ2v) is 9.34. The number of rotatable bonds is 2. The molecule has 0 aromatic rings. The summed E-state index contributed by atoms with van der Waals surface area (Å²) in [5.41, 5.74) is 0.434. The van der Waals surface area contributed by atoms with Gasteiger partial charge in [0.1, 0.15) is 0 Å². The smallest absolute Gasteiger partial charge is 0.223 e. The molecular formula is C19H29NO. The molecule has 0 aromatic carbocycles. The average Bonchev–Trinajstić information content (AvgIpc) is 2.96. The molecule has 6 fully saturated rings. The fourth-order valence-electron chi connectivity index (χ4n) is 7.38. The molecule has 116 valence electrons. The van der Waals surface area contributed by atoms with Crippen molar-refractivity contribution < 1.29 is 4.79 Å². The van der Waals surface area contributed by atoms with Crippen LogP contribution >= 0.6 is 0 Å². The van der Waals surface area contributed by atoms with Crippen LogP contribution in [0.15, 0.2) is 0 Å². The van der Waals surface area contributed by atoms with Crippen LogP contribution in [0.4, 0.5) is 0 Å². The summed E-state index contributed by atoms with van der Waals surface area (Å²) in [7, 11) is 0. The molecule has 0 aromatic heterocycles. The van der Waals surface area contributed by atoms with Crippen molar-refractivity contribution in [2.45, 2.75) is 64.2 Å². The highest BCUT2D eigenvalue weighted by molar-refractivity contribution is 5.77. The van der Waals surface area contributed by atoms with Gasteiger partial charge in [0.05, 0.1) is 0 Å². The van der Waals surface area contributed by atoms with E-state index in [2.05, 4.69) is 4.90 Å². The van der Waals surface area contributed by atoms with Crippen molar-refractivity contribution in [2.75, 3.05) is 13.1 Å². The zero-order valence-electron chi connectivity index (χ0n) is 13.2. The van der Waals surface area contributed by atoms with Gasteiger partial charge in [-0.25, -0.2) is 0 Å². The number of carbonyl (C=O) groups excluding carboxylic acids is 1. The maximum Gasteiger partial charge on any atom is 0.223 e. The van der Waals surface area contributed by atoms with Crippen LogP contribution in [0, 0.1) is 35.0 Å². The fourth-order valence-corrected chi connectivity index (χ4v) is 7.38. The van der Waals surface area contributed by atoms with Gasteiger partial charge in [-0.3, -0.25) is 4.79 Å². The molecule has 1 aliphatic heterocycles. The van der Waals surface area contributed by atoms with Crippen molar-refractivity contribution >= 4 is 5.91 Å². The summed E-state index contributed by atoms with van der Waals surface area (Å²) in [6.45, 7) is 2.19. The Morgan fingerprint density at radius 1 is 0.905 bits per heavy atom. The molecule has 1 saturated heterocycles. The Labute approximate surface area is 128 Å². The van der Waals surface area contributed by atoms with Gasteiger partial charge in [-0.15, -0.1) is 0 Å². The molecule has 6 aliphatic rings. The standard InChI is InChI=1S/C19H29NO/c21-18(20-11-16-2-1-3-17(16)12-20)10-19-7-13-4-14(8-19)6-15(5-13)9-19/h13-17H,1-12H2. The first-order chi connectivity index (χ1) is 10.2. The zero-order valence-corrected chi connectivity index (χ0v) is 13.2. The molecule has 2 nitrogen and oxygen atoms in total. The topological polar surface area (TPSA) is 20.3 Å². The van der Waals surface area contributed by atoms with Gasteiger partial charge in [0.2, 0.25) is 5.91 Å². The summed E-state index contributed by atoms with van der Waals surface area (Å²) < 4.78 is 0. The molecule has 2 unspecified atom stereocenters. The SMILES string of the molecule is O=C(CC12CC3CC(CC(C3)C1)C2)N1CC2CCCC2C1. The molecule has 5 saturated carbocycles. The molecule has 6 rings (SSSR count). The Hall–Kier alpha value is -0.530. The van der Waals surface area contributed by atoms with E-state index in [1.807, 2.05) is 0 Å². The second-order valence-electron chi connectivity index (χ2n) is 9.34. The van der Waals surface area contributed by atoms with Crippen LogP contribution in [0.5, 0.6) is 0 Å². The Bertz CT molecular complexity index is 409. The van der Waals surface area contributed by atoms with Crippen molar-refractivity contribution in [3.8, 4) is 0 Å². The van der Waals surface area contributed by atoms with Crippen LogP contribution < -0.4 is 0 Å². The molecule has 0 radical (unpaired) electrons. The highest BCUT2D eigenvalue weighted by Gasteiger charge is 2.52. The van der Waals surface area contributed by atoms with Crippen molar-refractivity contribution in [3.63, 3.8) is 0 Å². The Morgan fingerprint density at radius 2 is 1.43 bits per heavy atom. The minimum Gasteiger partial charge on any atom is -0.342 e. The zero-order chi connectivity index (χ0) is 14.0. The molecule has 21 heavy (non-hydrogen) atoms. The lowest BCUT2D eigenvalue weighted by atomic mass is 9.49. The third-order valence-electron chi connectivity index (χ3n) is 7.77. The van der Waals surface area contributed by atoms with Gasteiger partial charge in [0, 0.05) is 19.5 Å². The summed E-state index contributed by atoms with van der Waals surface area (Å²) in [5, 5.41) is 0. The van der Waals surface area contributed by atoms with Gasteiger partial charge in [-0.1, -0.05) is 6.42 Å². The van der Waals surface area contributed by atoms with E-state index in [1.165, 1.54) is 57.8 Å². The van der Waals surface area contributed by atoms with E-state index in [9.17, 15) is 4.79 Å². The van der Waals surface area contributed by atoms with Gasteiger partial charge in [0.25, 0.3) is 0 Å². The molecule has 4 bridgehead atoms. The number of amides is 1. The highest BCUT2D eigenvalue weighted by atomic mass is 16.2. The van der Waals surface area contributed by atoms with Crippen molar-refractivity contribution in [1.82, 2.24) is 4.90 Å². The minimum atomic E-state index is 0.434.